The molecule has 2 amide bonds. The molecule has 2 rings (SSSR count). The molecule has 0 radical (unpaired) electrons. The van der Waals surface area contributed by atoms with Crippen LogP contribution in [0.25, 0.3) is 0 Å². The lowest BCUT2D eigenvalue weighted by atomic mass is 10.1. The molecule has 126 valence electrons. The van der Waals surface area contributed by atoms with Crippen LogP contribution in [0.1, 0.15) is 25.3 Å². The quantitative estimate of drug-likeness (QED) is 0.717. The Morgan fingerprint density at radius 3 is 2.39 bits per heavy atom. The molecule has 1 aliphatic rings. The highest BCUT2D eigenvalue weighted by Crippen LogP contribution is 2.26. The number of rotatable bonds is 7. The third-order valence-corrected chi connectivity index (χ3v) is 4.03. The fraction of sp³-hybridized carbons (Fsp3) is 0.529. The fourth-order valence-electron chi connectivity index (χ4n) is 2.62. The van der Waals surface area contributed by atoms with Crippen LogP contribution in [-0.2, 0) is 16.1 Å². The molecule has 1 heterocycles. The van der Waals surface area contributed by atoms with Crippen LogP contribution in [0.5, 0.6) is 11.5 Å². The topological polar surface area (TPSA) is 59.1 Å². The molecule has 0 saturated carbocycles. The van der Waals surface area contributed by atoms with Crippen molar-refractivity contribution in [2.24, 2.45) is 0 Å². The third kappa shape index (κ3) is 3.94. The summed E-state index contributed by atoms with van der Waals surface area (Å²) in [6, 6.07) is 5.46. The van der Waals surface area contributed by atoms with Crippen molar-refractivity contribution in [3.8, 4) is 11.5 Å². The number of carbonyl (C=O) groups excluding carboxylic acids is 2. The highest BCUT2D eigenvalue weighted by molar-refractivity contribution is 6.35. The molecule has 23 heavy (non-hydrogen) atoms. The number of ether oxygens (including phenoxy) is 2. The van der Waals surface area contributed by atoms with Crippen molar-refractivity contribution in [2.45, 2.75) is 26.3 Å². The molecule has 0 aromatic heterocycles. The van der Waals surface area contributed by atoms with Gasteiger partial charge in [0.05, 0.1) is 14.2 Å². The fourth-order valence-corrected chi connectivity index (χ4v) is 2.62. The zero-order valence-electron chi connectivity index (χ0n) is 14.0. The van der Waals surface area contributed by atoms with Gasteiger partial charge in [-0.2, -0.15) is 0 Å². The summed E-state index contributed by atoms with van der Waals surface area (Å²) in [5, 5.41) is 0. The van der Waals surface area contributed by atoms with E-state index in [9.17, 15) is 9.59 Å². The highest BCUT2D eigenvalue weighted by atomic mass is 16.5. The summed E-state index contributed by atoms with van der Waals surface area (Å²) in [4.78, 5) is 27.7. The molecule has 0 unspecified atom stereocenters. The molecule has 6 heteroatoms. The summed E-state index contributed by atoms with van der Waals surface area (Å²) in [6.07, 6.45) is 1.93. The normalized spacial score (nSPS) is 15.1. The second kappa shape index (κ2) is 7.85. The van der Waals surface area contributed by atoms with Crippen LogP contribution in [0, 0.1) is 0 Å². The molecule has 0 atom stereocenters. The van der Waals surface area contributed by atoms with Crippen LogP contribution in [0.2, 0.25) is 0 Å². The highest BCUT2D eigenvalue weighted by Gasteiger charge is 2.32. The van der Waals surface area contributed by atoms with Crippen molar-refractivity contribution in [3.63, 3.8) is 0 Å². The maximum atomic E-state index is 12.3. The predicted molar refractivity (Wildman–Crippen MR) is 86.5 cm³/mol. The Hall–Kier alpha value is -2.24. The van der Waals surface area contributed by atoms with Crippen molar-refractivity contribution in [2.75, 3.05) is 33.9 Å². The van der Waals surface area contributed by atoms with Gasteiger partial charge in [0.1, 0.15) is 11.5 Å². The summed E-state index contributed by atoms with van der Waals surface area (Å²) in [7, 11) is 3.17. The smallest absolute Gasteiger partial charge is 0.312 e. The van der Waals surface area contributed by atoms with Gasteiger partial charge in [0.25, 0.3) is 0 Å². The lowest BCUT2D eigenvalue weighted by Gasteiger charge is -2.34. The number of hydrogen-bond donors (Lipinski definition) is 0. The van der Waals surface area contributed by atoms with E-state index in [1.807, 2.05) is 12.1 Å². The molecule has 6 nitrogen and oxygen atoms in total. The summed E-state index contributed by atoms with van der Waals surface area (Å²) < 4.78 is 10.5. The summed E-state index contributed by atoms with van der Waals surface area (Å²) in [6.45, 7) is 4.21. The van der Waals surface area contributed by atoms with E-state index < -0.39 is 11.8 Å². The number of nitrogens with zero attached hydrogens (tertiary/aromatic N) is 2. The zero-order chi connectivity index (χ0) is 16.8. The first-order chi connectivity index (χ1) is 11.1. The second-order valence-electron chi connectivity index (χ2n) is 5.55. The molecule has 1 saturated heterocycles. The number of piperazine rings is 1. The lowest BCUT2D eigenvalue weighted by molar-refractivity contribution is -0.156. The number of amides is 2. The van der Waals surface area contributed by atoms with Crippen molar-refractivity contribution in [1.29, 1.82) is 0 Å². The molecule has 0 N–H and O–H groups in total. The summed E-state index contributed by atoms with van der Waals surface area (Å²) in [5.74, 6) is 0.498. The largest absolute Gasteiger partial charge is 0.497 e. The summed E-state index contributed by atoms with van der Waals surface area (Å²) in [5.41, 5.74) is 0.858. The Morgan fingerprint density at radius 2 is 1.74 bits per heavy atom. The van der Waals surface area contributed by atoms with Gasteiger partial charge in [-0.25, -0.2) is 0 Å². The molecule has 0 bridgehead atoms. The minimum atomic E-state index is -0.440. The Balaban J connectivity index is 2.07. The van der Waals surface area contributed by atoms with E-state index in [4.69, 9.17) is 9.47 Å². The SMILES string of the molecule is CCCCN1CCN(Cc2ccc(OC)cc2OC)C(=O)C1=O. The first-order valence-electron chi connectivity index (χ1n) is 7.89. The number of methoxy groups -OCH3 is 2. The van der Waals surface area contributed by atoms with Crippen molar-refractivity contribution in [3.05, 3.63) is 23.8 Å². The predicted octanol–water partition coefficient (Wildman–Crippen LogP) is 1.67. The van der Waals surface area contributed by atoms with Gasteiger partial charge in [0.2, 0.25) is 0 Å². The monoisotopic (exact) mass is 320 g/mol. The van der Waals surface area contributed by atoms with E-state index in [2.05, 4.69) is 6.92 Å². The summed E-state index contributed by atoms with van der Waals surface area (Å²) >= 11 is 0. The average molecular weight is 320 g/mol. The maximum absolute atomic E-state index is 12.3. The van der Waals surface area contributed by atoms with Crippen molar-refractivity contribution in [1.82, 2.24) is 9.80 Å². The van der Waals surface area contributed by atoms with Gasteiger partial charge in [-0.3, -0.25) is 9.59 Å². The van der Waals surface area contributed by atoms with Gasteiger partial charge >= 0.3 is 11.8 Å². The molecular weight excluding hydrogens is 296 g/mol. The van der Waals surface area contributed by atoms with Crippen molar-refractivity contribution >= 4 is 11.8 Å². The Morgan fingerprint density at radius 1 is 1.04 bits per heavy atom. The molecule has 0 aliphatic carbocycles. The number of unbranched alkanes of at least 4 members (excludes halogenated alkanes) is 1. The van der Waals surface area contributed by atoms with E-state index in [-0.39, 0.29) is 0 Å². The molecular formula is C17H24N2O4. The number of carbonyl (C=O) groups is 2. The minimum Gasteiger partial charge on any atom is -0.497 e. The Bertz CT molecular complexity index is 574. The van der Waals surface area contributed by atoms with Gasteiger partial charge in [-0.05, 0) is 18.6 Å². The molecule has 1 aromatic carbocycles. The Labute approximate surface area is 137 Å². The third-order valence-electron chi connectivity index (χ3n) is 4.03. The van der Waals surface area contributed by atoms with E-state index >= 15 is 0 Å². The lowest BCUT2D eigenvalue weighted by Crippen LogP contribution is -2.54. The van der Waals surface area contributed by atoms with Gasteiger partial charge in [0.15, 0.2) is 0 Å². The minimum absolute atomic E-state index is 0.360. The van der Waals surface area contributed by atoms with Crippen LogP contribution < -0.4 is 9.47 Å². The van der Waals surface area contributed by atoms with E-state index in [1.165, 1.54) is 0 Å². The average Bonchev–Trinajstić information content (AvgIpc) is 2.58. The molecule has 1 aromatic rings. The second-order valence-corrected chi connectivity index (χ2v) is 5.55. The number of hydrogen-bond acceptors (Lipinski definition) is 4. The van der Waals surface area contributed by atoms with Crippen molar-refractivity contribution < 1.29 is 19.1 Å². The van der Waals surface area contributed by atoms with E-state index in [0.717, 1.165) is 18.4 Å². The van der Waals surface area contributed by atoms with Gasteiger partial charge in [0, 0.05) is 37.8 Å². The van der Waals surface area contributed by atoms with Crippen LogP contribution in [0.15, 0.2) is 18.2 Å². The maximum Gasteiger partial charge on any atom is 0.312 e. The molecule has 1 fully saturated rings. The number of benzene rings is 1. The van der Waals surface area contributed by atoms with Crippen LogP contribution in [0.4, 0.5) is 0 Å². The van der Waals surface area contributed by atoms with Crippen LogP contribution >= 0.6 is 0 Å². The molecule has 1 aliphatic heterocycles. The van der Waals surface area contributed by atoms with Gasteiger partial charge in [-0.15, -0.1) is 0 Å². The van der Waals surface area contributed by atoms with Gasteiger partial charge in [-0.1, -0.05) is 13.3 Å². The van der Waals surface area contributed by atoms with E-state index in [0.29, 0.717) is 37.7 Å². The van der Waals surface area contributed by atoms with E-state index in [1.54, 1.807) is 30.1 Å². The first-order valence-corrected chi connectivity index (χ1v) is 7.89. The first kappa shape index (κ1) is 17.1. The van der Waals surface area contributed by atoms with Crippen LogP contribution in [0.3, 0.4) is 0 Å². The molecule has 0 spiro atoms. The van der Waals surface area contributed by atoms with Gasteiger partial charge < -0.3 is 19.3 Å². The zero-order valence-corrected chi connectivity index (χ0v) is 14.0. The Kier molecular flexibility index (Phi) is 5.84. The van der Waals surface area contributed by atoms with Crippen LogP contribution in [-0.4, -0.2) is 55.5 Å². The standard InChI is InChI=1S/C17H24N2O4/c1-4-5-8-18-9-10-19(17(21)16(18)20)12-13-6-7-14(22-2)11-15(13)23-3/h6-7,11H,4-5,8-10,12H2,1-3H3.